The second kappa shape index (κ2) is 3.49. The van der Waals surface area contributed by atoms with Crippen LogP contribution >= 0.6 is 0 Å². The van der Waals surface area contributed by atoms with Gasteiger partial charge in [0.05, 0.1) is 6.10 Å². The molecule has 2 nitrogen and oxygen atoms in total. The minimum absolute atomic E-state index is 0.0460. The molecule has 1 saturated heterocycles. The molecule has 1 aliphatic carbocycles. The maximum atomic E-state index is 9.30. The molecule has 2 rings (SSSR count). The maximum absolute atomic E-state index is 9.30. The highest BCUT2D eigenvalue weighted by atomic mass is 16.3. The van der Waals surface area contributed by atoms with E-state index < -0.39 is 0 Å². The van der Waals surface area contributed by atoms with E-state index in [2.05, 4.69) is 25.7 Å². The Morgan fingerprint density at radius 1 is 1.21 bits per heavy atom. The van der Waals surface area contributed by atoms with Crippen molar-refractivity contribution in [3.8, 4) is 0 Å². The number of aliphatic hydroxyl groups excluding tert-OH is 1. The number of rotatable bonds is 1. The lowest BCUT2D eigenvalue weighted by Gasteiger charge is -2.49. The molecule has 1 aliphatic heterocycles. The number of hydrogen-bond acceptors (Lipinski definition) is 2. The third-order valence-electron chi connectivity index (χ3n) is 3.77. The van der Waals surface area contributed by atoms with Gasteiger partial charge in [0.25, 0.3) is 0 Å². The minimum Gasteiger partial charge on any atom is -0.390 e. The zero-order valence-corrected chi connectivity index (χ0v) is 9.66. The largest absolute Gasteiger partial charge is 0.390 e. The van der Waals surface area contributed by atoms with E-state index >= 15 is 0 Å². The van der Waals surface area contributed by atoms with Crippen LogP contribution < -0.4 is 0 Å². The van der Waals surface area contributed by atoms with E-state index in [0.29, 0.717) is 5.41 Å². The molecule has 0 aromatic carbocycles. The maximum Gasteiger partial charge on any atom is 0.0794 e. The molecule has 0 bridgehead atoms. The fourth-order valence-corrected chi connectivity index (χ4v) is 3.36. The summed E-state index contributed by atoms with van der Waals surface area (Å²) in [6.07, 6.45) is 3.95. The van der Waals surface area contributed by atoms with E-state index in [1.54, 1.807) is 0 Å². The highest BCUT2D eigenvalue weighted by Gasteiger charge is 2.38. The first kappa shape index (κ1) is 10.4. The van der Waals surface area contributed by atoms with Gasteiger partial charge in [-0.2, -0.15) is 0 Å². The van der Waals surface area contributed by atoms with Crippen molar-refractivity contribution in [1.29, 1.82) is 0 Å². The van der Waals surface area contributed by atoms with Gasteiger partial charge in [-0.1, -0.05) is 20.8 Å². The SMILES string of the molecule is C[C@@H]1C[C@@H](N2CC(O)C2)CC(C)(C)C1. The number of aliphatic hydroxyl groups is 1. The Hall–Kier alpha value is -0.0800. The van der Waals surface area contributed by atoms with E-state index in [1.165, 1.54) is 19.3 Å². The number of β-amino-alcohol motifs (C(OH)–C–C–N with tert-alkyl or cyclic N) is 1. The fraction of sp³-hybridized carbons (Fsp3) is 1.00. The van der Waals surface area contributed by atoms with Gasteiger partial charge in [-0.15, -0.1) is 0 Å². The molecule has 1 saturated carbocycles. The smallest absolute Gasteiger partial charge is 0.0794 e. The molecule has 0 aromatic heterocycles. The van der Waals surface area contributed by atoms with Crippen LogP contribution in [0.5, 0.6) is 0 Å². The first-order chi connectivity index (χ1) is 6.46. The minimum atomic E-state index is -0.0460. The van der Waals surface area contributed by atoms with Crippen LogP contribution in [0.4, 0.5) is 0 Å². The molecule has 2 heteroatoms. The molecule has 2 atom stereocenters. The third kappa shape index (κ3) is 2.12. The standard InChI is InChI=1S/C12H23NO/c1-9-4-10(6-12(2,3)5-9)13-7-11(14)8-13/h9-11,14H,4-8H2,1-3H3/t9-,10-/m1/s1. The Morgan fingerprint density at radius 2 is 1.86 bits per heavy atom. The second-order valence-electron chi connectivity index (χ2n) is 6.17. The number of likely N-dealkylation sites (tertiary alicyclic amines) is 1. The van der Waals surface area contributed by atoms with Crippen LogP contribution in [-0.4, -0.2) is 35.2 Å². The normalized spacial score (nSPS) is 39.4. The first-order valence-electron chi connectivity index (χ1n) is 5.88. The molecular weight excluding hydrogens is 174 g/mol. The molecule has 1 N–H and O–H groups in total. The Balaban J connectivity index is 1.93. The van der Waals surface area contributed by atoms with Crippen LogP contribution in [0.15, 0.2) is 0 Å². The quantitative estimate of drug-likeness (QED) is 0.694. The lowest BCUT2D eigenvalue weighted by Crippen LogP contribution is -2.57. The van der Waals surface area contributed by atoms with Gasteiger partial charge in [-0.25, -0.2) is 0 Å². The lowest BCUT2D eigenvalue weighted by molar-refractivity contribution is -0.0532. The average Bonchev–Trinajstić information content (AvgIpc) is 1.94. The first-order valence-corrected chi connectivity index (χ1v) is 5.88. The van der Waals surface area contributed by atoms with E-state index in [-0.39, 0.29) is 6.10 Å². The predicted molar refractivity (Wildman–Crippen MR) is 58.2 cm³/mol. The highest BCUT2D eigenvalue weighted by molar-refractivity contribution is 4.92. The van der Waals surface area contributed by atoms with Gasteiger partial charge in [0.1, 0.15) is 0 Å². The van der Waals surface area contributed by atoms with Gasteiger partial charge in [-0.05, 0) is 30.6 Å². The van der Waals surface area contributed by atoms with Crippen LogP contribution in [0.3, 0.4) is 0 Å². The summed E-state index contributed by atoms with van der Waals surface area (Å²) in [6, 6.07) is 0.733. The summed E-state index contributed by atoms with van der Waals surface area (Å²) in [5.41, 5.74) is 0.503. The van der Waals surface area contributed by atoms with E-state index in [9.17, 15) is 5.11 Å². The summed E-state index contributed by atoms with van der Waals surface area (Å²) in [5, 5.41) is 9.30. The molecule has 2 aliphatic rings. The zero-order valence-electron chi connectivity index (χ0n) is 9.66. The van der Waals surface area contributed by atoms with Crippen molar-refractivity contribution in [1.82, 2.24) is 4.90 Å². The molecule has 0 spiro atoms. The monoisotopic (exact) mass is 197 g/mol. The molecule has 0 amide bonds. The van der Waals surface area contributed by atoms with Gasteiger partial charge < -0.3 is 5.11 Å². The fourth-order valence-electron chi connectivity index (χ4n) is 3.36. The molecule has 1 heterocycles. The van der Waals surface area contributed by atoms with Crippen LogP contribution in [0.25, 0.3) is 0 Å². The van der Waals surface area contributed by atoms with Gasteiger partial charge in [0.15, 0.2) is 0 Å². The third-order valence-corrected chi connectivity index (χ3v) is 3.77. The molecule has 82 valence electrons. The van der Waals surface area contributed by atoms with Crippen molar-refractivity contribution in [2.24, 2.45) is 11.3 Å². The Kier molecular flexibility index (Phi) is 2.61. The van der Waals surface area contributed by atoms with E-state index in [4.69, 9.17) is 0 Å². The van der Waals surface area contributed by atoms with Crippen molar-refractivity contribution in [3.63, 3.8) is 0 Å². The van der Waals surface area contributed by atoms with Crippen LogP contribution in [0.1, 0.15) is 40.0 Å². The number of hydrogen-bond donors (Lipinski definition) is 1. The Bertz CT molecular complexity index is 208. The molecule has 0 unspecified atom stereocenters. The van der Waals surface area contributed by atoms with Crippen molar-refractivity contribution in [2.75, 3.05) is 13.1 Å². The summed E-state index contributed by atoms with van der Waals surface area (Å²) in [7, 11) is 0. The summed E-state index contributed by atoms with van der Waals surface area (Å²) >= 11 is 0. The molecule has 0 aromatic rings. The van der Waals surface area contributed by atoms with Crippen molar-refractivity contribution in [3.05, 3.63) is 0 Å². The molecular formula is C12H23NO. The van der Waals surface area contributed by atoms with Gasteiger partial charge in [-0.3, -0.25) is 4.90 Å². The lowest BCUT2D eigenvalue weighted by atomic mass is 9.70. The van der Waals surface area contributed by atoms with E-state index in [1.807, 2.05) is 0 Å². The summed E-state index contributed by atoms with van der Waals surface area (Å²) in [4.78, 5) is 2.46. The summed E-state index contributed by atoms with van der Waals surface area (Å²) in [5.74, 6) is 0.849. The summed E-state index contributed by atoms with van der Waals surface area (Å²) < 4.78 is 0. The van der Waals surface area contributed by atoms with Crippen LogP contribution in [0.2, 0.25) is 0 Å². The summed E-state index contributed by atoms with van der Waals surface area (Å²) in [6.45, 7) is 8.95. The average molecular weight is 197 g/mol. The van der Waals surface area contributed by atoms with E-state index in [0.717, 1.165) is 25.0 Å². The second-order valence-corrected chi connectivity index (χ2v) is 6.17. The molecule has 14 heavy (non-hydrogen) atoms. The van der Waals surface area contributed by atoms with Crippen LogP contribution in [0, 0.1) is 11.3 Å². The van der Waals surface area contributed by atoms with Crippen molar-refractivity contribution < 1.29 is 5.11 Å². The van der Waals surface area contributed by atoms with Crippen LogP contribution in [-0.2, 0) is 0 Å². The van der Waals surface area contributed by atoms with Gasteiger partial charge >= 0.3 is 0 Å². The predicted octanol–water partition coefficient (Wildman–Crippen LogP) is 1.88. The zero-order chi connectivity index (χ0) is 10.3. The highest BCUT2D eigenvalue weighted by Crippen LogP contribution is 2.41. The Morgan fingerprint density at radius 3 is 2.36 bits per heavy atom. The van der Waals surface area contributed by atoms with Crippen molar-refractivity contribution >= 4 is 0 Å². The van der Waals surface area contributed by atoms with Gasteiger partial charge in [0, 0.05) is 19.1 Å². The van der Waals surface area contributed by atoms with Crippen molar-refractivity contribution in [2.45, 2.75) is 52.2 Å². The number of nitrogens with zero attached hydrogens (tertiary/aromatic N) is 1. The molecule has 0 radical (unpaired) electrons. The van der Waals surface area contributed by atoms with Gasteiger partial charge in [0.2, 0.25) is 0 Å². The Labute approximate surface area is 87.3 Å². The molecule has 2 fully saturated rings. The topological polar surface area (TPSA) is 23.5 Å².